The van der Waals surface area contributed by atoms with Gasteiger partial charge in [0.2, 0.25) is 0 Å². The van der Waals surface area contributed by atoms with E-state index in [9.17, 15) is 22.4 Å². The van der Waals surface area contributed by atoms with E-state index in [2.05, 4.69) is 5.32 Å². The second-order valence-electron chi connectivity index (χ2n) is 5.70. The number of benzene rings is 2. The lowest BCUT2D eigenvalue weighted by Crippen LogP contribution is -2.17. The summed E-state index contributed by atoms with van der Waals surface area (Å²) in [5.41, 5.74) is 1.01. The SMILES string of the molecule is O=C1NC(=O)C(=Cc2cccc3c2ccn3S(=O)(=O)c2ccc(F)cc2)S1. The van der Waals surface area contributed by atoms with Crippen LogP contribution in [0.3, 0.4) is 0 Å². The van der Waals surface area contributed by atoms with Gasteiger partial charge in [0, 0.05) is 11.6 Å². The Morgan fingerprint density at radius 3 is 2.44 bits per heavy atom. The zero-order valence-corrected chi connectivity index (χ0v) is 15.2. The second kappa shape index (κ2) is 6.36. The van der Waals surface area contributed by atoms with Gasteiger partial charge in [0.25, 0.3) is 21.2 Å². The summed E-state index contributed by atoms with van der Waals surface area (Å²) in [4.78, 5) is 23.3. The first kappa shape index (κ1) is 17.5. The van der Waals surface area contributed by atoms with Crippen molar-refractivity contribution in [2.45, 2.75) is 4.90 Å². The Hall–Kier alpha value is -2.91. The maximum absolute atomic E-state index is 13.1. The van der Waals surface area contributed by atoms with E-state index in [1.54, 1.807) is 30.3 Å². The molecule has 1 aliphatic rings. The number of aromatic nitrogens is 1. The Balaban J connectivity index is 1.84. The van der Waals surface area contributed by atoms with E-state index >= 15 is 0 Å². The van der Waals surface area contributed by atoms with Gasteiger partial charge in [0.15, 0.2) is 0 Å². The molecule has 1 saturated heterocycles. The third kappa shape index (κ3) is 3.04. The average Bonchev–Trinajstić information content (AvgIpc) is 3.19. The normalized spacial score (nSPS) is 16.3. The molecule has 6 nitrogen and oxygen atoms in total. The predicted octanol–water partition coefficient (Wildman–Crippen LogP) is 3.34. The number of thioether (sulfide) groups is 1. The zero-order chi connectivity index (χ0) is 19.2. The molecule has 2 amide bonds. The largest absolute Gasteiger partial charge is 0.290 e. The molecule has 0 radical (unpaired) electrons. The van der Waals surface area contributed by atoms with Gasteiger partial charge in [-0.2, -0.15) is 0 Å². The Morgan fingerprint density at radius 2 is 1.78 bits per heavy atom. The van der Waals surface area contributed by atoms with Crippen molar-refractivity contribution in [3.8, 4) is 0 Å². The summed E-state index contributed by atoms with van der Waals surface area (Å²) in [6.45, 7) is 0. The number of hydrogen-bond donors (Lipinski definition) is 1. The first-order valence-electron chi connectivity index (χ1n) is 7.72. The first-order valence-corrected chi connectivity index (χ1v) is 9.98. The van der Waals surface area contributed by atoms with Crippen LogP contribution < -0.4 is 5.32 Å². The third-order valence-electron chi connectivity index (χ3n) is 4.03. The van der Waals surface area contributed by atoms with Gasteiger partial charge >= 0.3 is 0 Å². The monoisotopic (exact) mass is 402 g/mol. The van der Waals surface area contributed by atoms with Crippen LogP contribution in [0.4, 0.5) is 9.18 Å². The molecule has 0 bridgehead atoms. The van der Waals surface area contributed by atoms with Crippen LogP contribution in [-0.2, 0) is 14.8 Å². The lowest BCUT2D eigenvalue weighted by molar-refractivity contribution is -0.115. The number of rotatable bonds is 3. The minimum Gasteiger partial charge on any atom is -0.282 e. The van der Waals surface area contributed by atoms with E-state index in [0.29, 0.717) is 16.5 Å². The number of hydrogen-bond acceptors (Lipinski definition) is 5. The van der Waals surface area contributed by atoms with Crippen LogP contribution in [0.1, 0.15) is 5.56 Å². The number of nitrogens with one attached hydrogen (secondary N) is 1. The van der Waals surface area contributed by atoms with Gasteiger partial charge in [-0.15, -0.1) is 0 Å². The maximum atomic E-state index is 13.1. The molecule has 0 aliphatic carbocycles. The fourth-order valence-corrected chi connectivity index (χ4v) is 4.80. The fourth-order valence-electron chi connectivity index (χ4n) is 2.78. The van der Waals surface area contributed by atoms with E-state index < -0.39 is 27.0 Å². The molecule has 0 unspecified atom stereocenters. The highest BCUT2D eigenvalue weighted by Gasteiger charge is 2.25. The molecule has 9 heteroatoms. The molecule has 2 aromatic carbocycles. The van der Waals surface area contributed by atoms with Crippen molar-refractivity contribution < 1.29 is 22.4 Å². The van der Waals surface area contributed by atoms with Crippen LogP contribution in [0.5, 0.6) is 0 Å². The van der Waals surface area contributed by atoms with Gasteiger partial charge in [-0.3, -0.25) is 14.9 Å². The standard InChI is InChI=1S/C18H11FN2O4S2/c19-12-4-6-13(7-5-12)27(24,25)21-9-8-14-11(2-1-3-15(14)21)10-16-17(22)20-18(23)26-16/h1-10H,(H,20,22,23). The van der Waals surface area contributed by atoms with E-state index in [0.717, 1.165) is 27.9 Å². The number of amides is 2. The minimum absolute atomic E-state index is 0.0403. The van der Waals surface area contributed by atoms with Gasteiger partial charge in [0.05, 0.1) is 15.3 Å². The molecule has 1 fully saturated rings. The number of fused-ring (bicyclic) bond motifs is 1. The fraction of sp³-hybridized carbons (Fsp3) is 0. The smallest absolute Gasteiger partial charge is 0.282 e. The number of carbonyl (C=O) groups excluding carboxylic acids is 2. The van der Waals surface area contributed by atoms with Gasteiger partial charge in [-0.25, -0.2) is 16.8 Å². The number of imide groups is 1. The van der Waals surface area contributed by atoms with Crippen molar-refractivity contribution in [2.75, 3.05) is 0 Å². The van der Waals surface area contributed by atoms with Crippen molar-refractivity contribution in [1.29, 1.82) is 0 Å². The van der Waals surface area contributed by atoms with E-state index in [1.807, 2.05) is 0 Å². The number of carbonyl (C=O) groups is 2. The molecule has 27 heavy (non-hydrogen) atoms. The summed E-state index contributed by atoms with van der Waals surface area (Å²) in [5, 5.41) is 2.33. The van der Waals surface area contributed by atoms with Crippen LogP contribution in [0, 0.1) is 5.82 Å². The van der Waals surface area contributed by atoms with Crippen molar-refractivity contribution in [1.82, 2.24) is 9.29 Å². The van der Waals surface area contributed by atoms with Crippen LogP contribution in [0.25, 0.3) is 17.0 Å². The summed E-state index contributed by atoms with van der Waals surface area (Å²) >= 11 is 0.789. The topological polar surface area (TPSA) is 85.2 Å². The number of halogens is 1. The molecule has 4 rings (SSSR count). The van der Waals surface area contributed by atoms with Crippen LogP contribution in [-0.4, -0.2) is 23.5 Å². The molecule has 1 aliphatic heterocycles. The van der Waals surface area contributed by atoms with Crippen LogP contribution >= 0.6 is 11.8 Å². The zero-order valence-electron chi connectivity index (χ0n) is 13.5. The molecular formula is C18H11FN2O4S2. The summed E-state index contributed by atoms with van der Waals surface area (Å²) < 4.78 is 40.0. The molecule has 1 aromatic heterocycles. The van der Waals surface area contributed by atoms with E-state index in [-0.39, 0.29) is 9.80 Å². The highest BCUT2D eigenvalue weighted by molar-refractivity contribution is 8.18. The lowest BCUT2D eigenvalue weighted by Gasteiger charge is -2.08. The Kier molecular flexibility index (Phi) is 4.12. The summed E-state index contributed by atoms with van der Waals surface area (Å²) in [6, 6.07) is 11.2. The Bertz CT molecular complexity index is 1230. The van der Waals surface area contributed by atoms with Crippen LogP contribution in [0.15, 0.2) is 64.5 Å². The Morgan fingerprint density at radius 1 is 1.04 bits per heavy atom. The van der Waals surface area contributed by atoms with Gasteiger partial charge < -0.3 is 0 Å². The van der Waals surface area contributed by atoms with Crippen molar-refractivity contribution >= 4 is 49.9 Å². The van der Waals surface area contributed by atoms with E-state index in [1.165, 1.54) is 18.3 Å². The van der Waals surface area contributed by atoms with Gasteiger partial charge in [0.1, 0.15) is 5.82 Å². The quantitative estimate of drug-likeness (QED) is 0.679. The van der Waals surface area contributed by atoms with Crippen molar-refractivity contribution in [3.05, 3.63) is 71.0 Å². The highest BCUT2D eigenvalue weighted by Crippen LogP contribution is 2.30. The summed E-state index contributed by atoms with van der Waals surface area (Å²) in [6.07, 6.45) is 2.94. The molecule has 3 aromatic rings. The second-order valence-corrected chi connectivity index (χ2v) is 8.53. The van der Waals surface area contributed by atoms with Crippen molar-refractivity contribution in [3.63, 3.8) is 0 Å². The molecule has 0 atom stereocenters. The predicted molar refractivity (Wildman–Crippen MR) is 100 cm³/mol. The number of nitrogens with zero attached hydrogens (tertiary/aromatic N) is 1. The van der Waals surface area contributed by atoms with E-state index in [4.69, 9.17) is 0 Å². The molecule has 0 saturated carbocycles. The average molecular weight is 402 g/mol. The molecule has 1 N–H and O–H groups in total. The maximum Gasteiger partial charge on any atom is 0.290 e. The highest BCUT2D eigenvalue weighted by atomic mass is 32.2. The van der Waals surface area contributed by atoms with Crippen molar-refractivity contribution in [2.24, 2.45) is 0 Å². The first-order chi connectivity index (χ1) is 12.9. The Labute approximate surface area is 157 Å². The summed E-state index contributed by atoms with van der Waals surface area (Å²) in [7, 11) is -3.91. The minimum atomic E-state index is -3.91. The summed E-state index contributed by atoms with van der Waals surface area (Å²) in [5.74, 6) is -1.01. The van der Waals surface area contributed by atoms with Gasteiger partial charge in [-0.05, 0) is 59.8 Å². The molecular weight excluding hydrogens is 391 g/mol. The molecule has 2 heterocycles. The molecule has 0 spiro atoms. The van der Waals surface area contributed by atoms with Gasteiger partial charge in [-0.1, -0.05) is 12.1 Å². The lowest BCUT2D eigenvalue weighted by atomic mass is 10.1. The van der Waals surface area contributed by atoms with Crippen LogP contribution in [0.2, 0.25) is 0 Å². The third-order valence-corrected chi connectivity index (χ3v) is 6.54. The molecule has 136 valence electrons.